The minimum Gasteiger partial charge on any atom is -0.378 e. The maximum Gasteiger partial charge on any atom is 0.319 e. The van der Waals surface area contributed by atoms with E-state index < -0.39 is 0 Å². The summed E-state index contributed by atoms with van der Waals surface area (Å²) in [5.41, 5.74) is 0.715. The number of aromatic nitrogens is 1. The van der Waals surface area contributed by atoms with Crippen molar-refractivity contribution in [3.05, 3.63) is 18.3 Å². The zero-order chi connectivity index (χ0) is 18.9. The van der Waals surface area contributed by atoms with Crippen LogP contribution in [-0.4, -0.2) is 68.4 Å². The van der Waals surface area contributed by atoms with Crippen LogP contribution < -0.4 is 15.5 Å². The third-order valence-corrected chi connectivity index (χ3v) is 5.40. The van der Waals surface area contributed by atoms with Crippen molar-refractivity contribution in [2.75, 3.05) is 62.7 Å². The minimum absolute atomic E-state index is 0.164. The Bertz CT molecular complexity index is 566. The lowest BCUT2D eigenvalue weighted by molar-refractivity contribution is 0.122. The highest BCUT2D eigenvalue weighted by atomic mass is 16.5. The van der Waals surface area contributed by atoms with Gasteiger partial charge in [0, 0.05) is 19.6 Å². The number of likely N-dealkylation sites (tertiary alicyclic amines) is 1. The lowest BCUT2D eigenvalue weighted by atomic mass is 9.99. The molecule has 3 rings (SSSR count). The number of anilines is 2. The zero-order valence-electron chi connectivity index (χ0n) is 16.5. The van der Waals surface area contributed by atoms with E-state index >= 15 is 0 Å². The van der Waals surface area contributed by atoms with Crippen molar-refractivity contribution in [1.29, 1.82) is 0 Å². The summed E-state index contributed by atoms with van der Waals surface area (Å²) >= 11 is 0. The normalized spacial score (nSPS) is 19.1. The van der Waals surface area contributed by atoms with Crippen LogP contribution in [0.3, 0.4) is 0 Å². The van der Waals surface area contributed by atoms with Crippen molar-refractivity contribution >= 4 is 17.5 Å². The van der Waals surface area contributed by atoms with E-state index in [9.17, 15) is 4.79 Å². The summed E-state index contributed by atoms with van der Waals surface area (Å²) in [5, 5.41) is 5.78. The van der Waals surface area contributed by atoms with Gasteiger partial charge in [0.2, 0.25) is 0 Å². The monoisotopic (exact) mass is 375 g/mol. The molecule has 0 bridgehead atoms. The number of morpholine rings is 1. The SMILES string of the molecule is CC1CCN(CCCCNC(=O)Nc2ccc(N3CCOCC3)nc2)CC1. The van der Waals surface area contributed by atoms with Crippen molar-refractivity contribution in [3.8, 4) is 0 Å². The number of unbranched alkanes of at least 4 members (excludes halogenated alkanes) is 1. The average Bonchev–Trinajstić information content (AvgIpc) is 2.70. The number of nitrogens with zero attached hydrogens (tertiary/aromatic N) is 3. The van der Waals surface area contributed by atoms with Gasteiger partial charge in [0.1, 0.15) is 5.82 Å². The fourth-order valence-corrected chi connectivity index (χ4v) is 3.56. The maximum atomic E-state index is 12.0. The number of nitrogens with one attached hydrogen (secondary N) is 2. The molecule has 0 unspecified atom stereocenters. The largest absolute Gasteiger partial charge is 0.378 e. The highest BCUT2D eigenvalue weighted by Gasteiger charge is 2.15. The Morgan fingerprint density at radius 2 is 1.96 bits per heavy atom. The summed E-state index contributed by atoms with van der Waals surface area (Å²) in [6, 6.07) is 3.68. The molecule has 0 aromatic carbocycles. The summed E-state index contributed by atoms with van der Waals surface area (Å²) in [5.74, 6) is 1.81. The van der Waals surface area contributed by atoms with Crippen molar-refractivity contribution < 1.29 is 9.53 Å². The van der Waals surface area contributed by atoms with Crippen molar-refractivity contribution in [1.82, 2.24) is 15.2 Å². The number of carbonyl (C=O) groups excluding carboxylic acids is 1. The van der Waals surface area contributed by atoms with E-state index in [1.807, 2.05) is 12.1 Å². The summed E-state index contributed by atoms with van der Waals surface area (Å²) in [4.78, 5) is 21.2. The number of piperidine rings is 1. The number of amides is 2. The highest BCUT2D eigenvalue weighted by Crippen LogP contribution is 2.16. The molecule has 2 aliphatic rings. The number of hydrogen-bond acceptors (Lipinski definition) is 5. The molecule has 0 spiro atoms. The second kappa shape index (κ2) is 10.5. The number of ether oxygens (including phenoxy) is 1. The Balaban J connectivity index is 1.28. The van der Waals surface area contributed by atoms with Gasteiger partial charge in [0.05, 0.1) is 25.1 Å². The van der Waals surface area contributed by atoms with E-state index in [0.717, 1.165) is 57.4 Å². The first-order valence-electron chi connectivity index (χ1n) is 10.3. The summed E-state index contributed by atoms with van der Waals surface area (Å²) in [6.45, 7) is 9.82. The molecule has 150 valence electrons. The number of hydrogen-bond donors (Lipinski definition) is 2. The van der Waals surface area contributed by atoms with Crippen LogP contribution in [0, 0.1) is 5.92 Å². The van der Waals surface area contributed by atoms with E-state index in [0.29, 0.717) is 12.2 Å². The van der Waals surface area contributed by atoms with Gasteiger partial charge in [-0.05, 0) is 63.4 Å². The van der Waals surface area contributed by atoms with E-state index in [2.05, 4.69) is 32.3 Å². The van der Waals surface area contributed by atoms with Gasteiger partial charge in [-0.15, -0.1) is 0 Å². The molecule has 2 fully saturated rings. The first-order chi connectivity index (χ1) is 13.2. The van der Waals surface area contributed by atoms with Crippen LogP contribution in [0.5, 0.6) is 0 Å². The smallest absolute Gasteiger partial charge is 0.319 e. The zero-order valence-corrected chi connectivity index (χ0v) is 16.5. The molecule has 1 aromatic rings. The van der Waals surface area contributed by atoms with Crippen LogP contribution in [-0.2, 0) is 4.74 Å². The standard InChI is InChI=1S/C20H33N5O2/c1-17-6-10-24(11-7-17)9-3-2-8-21-20(26)23-18-4-5-19(22-16-18)25-12-14-27-15-13-25/h4-5,16-17H,2-3,6-15H2,1H3,(H2,21,23,26). The fraction of sp³-hybridized carbons (Fsp3) is 0.700. The second-order valence-electron chi connectivity index (χ2n) is 7.62. The summed E-state index contributed by atoms with van der Waals surface area (Å²) in [6.07, 6.45) is 6.48. The third kappa shape index (κ3) is 6.66. The molecule has 2 N–H and O–H groups in total. The number of pyridine rings is 1. The summed E-state index contributed by atoms with van der Waals surface area (Å²) < 4.78 is 5.35. The molecule has 2 saturated heterocycles. The van der Waals surface area contributed by atoms with E-state index in [1.54, 1.807) is 6.20 Å². The van der Waals surface area contributed by atoms with Gasteiger partial charge in [0.15, 0.2) is 0 Å². The van der Waals surface area contributed by atoms with Crippen molar-refractivity contribution in [3.63, 3.8) is 0 Å². The molecular formula is C20H33N5O2. The summed E-state index contributed by atoms with van der Waals surface area (Å²) in [7, 11) is 0. The molecule has 0 radical (unpaired) electrons. The second-order valence-corrected chi connectivity index (χ2v) is 7.62. The van der Waals surface area contributed by atoms with Crippen LogP contribution in [0.15, 0.2) is 18.3 Å². The first-order valence-corrected chi connectivity index (χ1v) is 10.3. The Kier molecular flexibility index (Phi) is 7.71. The molecule has 0 saturated carbocycles. The van der Waals surface area contributed by atoms with E-state index in [4.69, 9.17) is 4.74 Å². The van der Waals surface area contributed by atoms with Gasteiger partial charge >= 0.3 is 6.03 Å². The third-order valence-electron chi connectivity index (χ3n) is 5.40. The minimum atomic E-state index is -0.164. The van der Waals surface area contributed by atoms with Crippen LogP contribution in [0.2, 0.25) is 0 Å². The molecule has 3 heterocycles. The van der Waals surface area contributed by atoms with Gasteiger partial charge < -0.3 is 25.2 Å². The molecule has 0 atom stereocenters. The predicted molar refractivity (Wildman–Crippen MR) is 108 cm³/mol. The Labute approximate surface area is 162 Å². The van der Waals surface area contributed by atoms with Gasteiger partial charge in [-0.3, -0.25) is 0 Å². The van der Waals surface area contributed by atoms with E-state index in [1.165, 1.54) is 25.9 Å². The molecule has 0 aliphatic carbocycles. The topological polar surface area (TPSA) is 69.7 Å². The maximum absolute atomic E-state index is 12.0. The van der Waals surface area contributed by atoms with Gasteiger partial charge in [-0.1, -0.05) is 6.92 Å². The number of carbonyl (C=O) groups is 1. The molecule has 1 aromatic heterocycles. The molecular weight excluding hydrogens is 342 g/mol. The molecule has 7 nitrogen and oxygen atoms in total. The fourth-order valence-electron chi connectivity index (χ4n) is 3.56. The lowest BCUT2D eigenvalue weighted by Crippen LogP contribution is -2.36. The van der Waals surface area contributed by atoms with E-state index in [-0.39, 0.29) is 6.03 Å². The highest BCUT2D eigenvalue weighted by molar-refractivity contribution is 5.89. The number of rotatable bonds is 7. The molecule has 2 amide bonds. The average molecular weight is 376 g/mol. The first kappa shape index (κ1) is 19.9. The van der Waals surface area contributed by atoms with Gasteiger partial charge in [-0.2, -0.15) is 0 Å². The van der Waals surface area contributed by atoms with Gasteiger partial charge in [-0.25, -0.2) is 9.78 Å². The molecule has 2 aliphatic heterocycles. The molecule has 27 heavy (non-hydrogen) atoms. The molecule has 7 heteroatoms. The van der Waals surface area contributed by atoms with Crippen LogP contribution in [0.25, 0.3) is 0 Å². The van der Waals surface area contributed by atoms with Crippen LogP contribution >= 0.6 is 0 Å². The lowest BCUT2D eigenvalue weighted by Gasteiger charge is -2.30. The van der Waals surface area contributed by atoms with Crippen molar-refractivity contribution in [2.24, 2.45) is 5.92 Å². The van der Waals surface area contributed by atoms with Crippen molar-refractivity contribution in [2.45, 2.75) is 32.6 Å². The van der Waals surface area contributed by atoms with Crippen LogP contribution in [0.4, 0.5) is 16.3 Å². The van der Waals surface area contributed by atoms with Gasteiger partial charge in [0.25, 0.3) is 0 Å². The Morgan fingerprint density at radius 3 is 2.67 bits per heavy atom. The number of urea groups is 1. The quantitative estimate of drug-likeness (QED) is 0.717. The Morgan fingerprint density at radius 1 is 1.19 bits per heavy atom. The van der Waals surface area contributed by atoms with Crippen LogP contribution in [0.1, 0.15) is 32.6 Å². The predicted octanol–water partition coefficient (Wildman–Crippen LogP) is 2.55. The Hall–Kier alpha value is -1.86.